The van der Waals surface area contributed by atoms with Crippen LogP contribution >= 0.6 is 0 Å². The molecule has 1 saturated carbocycles. The Bertz CT molecular complexity index is 1870. The lowest BCUT2D eigenvalue weighted by Gasteiger charge is -2.33. The summed E-state index contributed by atoms with van der Waals surface area (Å²) >= 11 is 0. The van der Waals surface area contributed by atoms with Gasteiger partial charge in [0.2, 0.25) is 11.8 Å². The maximum atomic E-state index is 15.6. The molecule has 49 heavy (non-hydrogen) atoms. The van der Waals surface area contributed by atoms with Crippen molar-refractivity contribution in [3.8, 4) is 5.75 Å². The number of pyridine rings is 1. The van der Waals surface area contributed by atoms with Crippen LogP contribution in [0.2, 0.25) is 0 Å². The van der Waals surface area contributed by atoms with Gasteiger partial charge in [0.15, 0.2) is 11.6 Å². The molecule has 2 N–H and O–H groups in total. The number of hydrogen-bond donors (Lipinski definition) is 2. The van der Waals surface area contributed by atoms with Crippen molar-refractivity contribution in [1.29, 1.82) is 0 Å². The number of anilines is 3. The number of carbonyl (C=O) groups is 2. The minimum absolute atomic E-state index is 0.0589. The van der Waals surface area contributed by atoms with Gasteiger partial charge in [-0.15, -0.1) is 0 Å². The number of likely N-dealkylation sites (N-methyl/N-ethyl adjacent to an activating group) is 1. The van der Waals surface area contributed by atoms with Gasteiger partial charge in [0.25, 0.3) is 0 Å². The maximum absolute atomic E-state index is 15.6. The van der Waals surface area contributed by atoms with Gasteiger partial charge in [0.05, 0.1) is 0 Å². The van der Waals surface area contributed by atoms with E-state index in [1.807, 2.05) is 30.5 Å². The van der Waals surface area contributed by atoms with E-state index in [2.05, 4.69) is 39.1 Å². The van der Waals surface area contributed by atoms with Gasteiger partial charge in [-0.05, 0) is 104 Å². The lowest BCUT2D eigenvalue weighted by atomic mass is 10.0. The molecule has 0 spiro atoms. The second-order valence-electron chi connectivity index (χ2n) is 12.4. The number of nitrogens with zero attached hydrogens (tertiary/aromatic N) is 4. The van der Waals surface area contributed by atoms with Gasteiger partial charge in [-0.1, -0.05) is 12.7 Å². The van der Waals surface area contributed by atoms with Gasteiger partial charge in [-0.25, -0.2) is 13.8 Å². The van der Waals surface area contributed by atoms with E-state index in [0.717, 1.165) is 54.8 Å². The average molecular weight is 665 g/mol. The molecule has 0 radical (unpaired) electrons. The van der Waals surface area contributed by atoms with Crippen LogP contribution in [0.5, 0.6) is 5.75 Å². The molecule has 1 aliphatic heterocycles. The summed E-state index contributed by atoms with van der Waals surface area (Å²) < 4.78 is 35.0. The van der Waals surface area contributed by atoms with E-state index in [9.17, 15) is 14.0 Å². The van der Waals surface area contributed by atoms with Gasteiger partial charge >= 0.3 is 0 Å². The number of carbonyl (C=O) groups excluding carboxylic acids is 2. The molecule has 0 atom stereocenters. The van der Waals surface area contributed by atoms with E-state index in [1.54, 1.807) is 19.3 Å². The second-order valence-corrected chi connectivity index (χ2v) is 12.4. The highest BCUT2D eigenvalue weighted by atomic mass is 19.1. The minimum atomic E-state index is -1.29. The molecule has 2 aromatic carbocycles. The zero-order valence-corrected chi connectivity index (χ0v) is 27.5. The van der Waals surface area contributed by atoms with Crippen molar-refractivity contribution in [2.45, 2.75) is 19.3 Å². The first kappa shape index (κ1) is 33.5. The third-order valence-electron chi connectivity index (χ3n) is 8.93. The fourth-order valence-corrected chi connectivity index (χ4v) is 5.71. The van der Waals surface area contributed by atoms with Crippen LogP contribution in [0.3, 0.4) is 0 Å². The highest BCUT2D eigenvalue weighted by molar-refractivity contribution is 6.16. The zero-order valence-electron chi connectivity index (χ0n) is 27.5. The summed E-state index contributed by atoms with van der Waals surface area (Å²) in [7, 11) is 3.77. The van der Waals surface area contributed by atoms with Crippen LogP contribution in [0, 0.1) is 17.0 Å². The van der Waals surface area contributed by atoms with Crippen LogP contribution < -0.4 is 20.3 Å². The van der Waals surface area contributed by atoms with Gasteiger partial charge < -0.3 is 25.2 Å². The Labute approximate surface area is 284 Å². The number of benzene rings is 2. The van der Waals surface area contributed by atoms with E-state index in [4.69, 9.17) is 9.72 Å². The molecule has 0 unspecified atom stereocenters. The molecule has 2 amide bonds. The molecule has 1 saturated heterocycles. The maximum Gasteiger partial charge on any atom is 0.240 e. The topological polar surface area (TPSA) is 99.2 Å². The summed E-state index contributed by atoms with van der Waals surface area (Å²) in [6.07, 6.45) is 10.3. The van der Waals surface area contributed by atoms with Gasteiger partial charge in [-0.3, -0.25) is 14.6 Å². The number of aliphatic imine (C=N–C) groups is 1. The molecule has 3 aromatic rings. The lowest BCUT2D eigenvalue weighted by molar-refractivity contribution is -0.131. The Kier molecular flexibility index (Phi) is 9.82. The lowest BCUT2D eigenvalue weighted by Crippen LogP contribution is -2.44. The van der Waals surface area contributed by atoms with Crippen LogP contribution in [0.1, 0.15) is 24.8 Å². The monoisotopic (exact) mass is 664 g/mol. The summed E-state index contributed by atoms with van der Waals surface area (Å²) in [5.74, 6) is -0.949. The predicted molar refractivity (Wildman–Crippen MR) is 189 cm³/mol. The van der Waals surface area contributed by atoms with Crippen LogP contribution in [-0.4, -0.2) is 68.2 Å². The Balaban J connectivity index is 1.19. The van der Waals surface area contributed by atoms with E-state index in [1.165, 1.54) is 36.4 Å². The fourth-order valence-electron chi connectivity index (χ4n) is 5.71. The minimum Gasteiger partial charge on any atom is -0.454 e. The molecule has 9 nitrogen and oxygen atoms in total. The van der Waals surface area contributed by atoms with Crippen molar-refractivity contribution in [3.05, 3.63) is 120 Å². The van der Waals surface area contributed by atoms with Crippen LogP contribution in [0.25, 0.3) is 5.57 Å². The molecule has 3 aliphatic rings. The third kappa shape index (κ3) is 7.68. The summed E-state index contributed by atoms with van der Waals surface area (Å²) in [6, 6.07) is 13.4. The number of halogens is 2. The van der Waals surface area contributed by atoms with E-state index < -0.39 is 28.9 Å². The van der Waals surface area contributed by atoms with Crippen molar-refractivity contribution in [1.82, 2.24) is 9.88 Å². The second kappa shape index (κ2) is 14.4. The number of allylic oxidation sites excluding steroid dienone is 5. The Morgan fingerprint density at radius 3 is 2.31 bits per heavy atom. The predicted octanol–water partition coefficient (Wildman–Crippen LogP) is 6.40. The highest BCUT2D eigenvalue weighted by Gasteiger charge is 2.56. The molecule has 11 heteroatoms. The molecule has 2 heterocycles. The summed E-state index contributed by atoms with van der Waals surface area (Å²) in [6.45, 7) is 8.04. The Morgan fingerprint density at radius 2 is 1.67 bits per heavy atom. The Morgan fingerprint density at radius 1 is 0.980 bits per heavy atom. The first-order valence-electron chi connectivity index (χ1n) is 16.1. The third-order valence-corrected chi connectivity index (χ3v) is 8.93. The van der Waals surface area contributed by atoms with Crippen LogP contribution in [0.4, 0.5) is 26.0 Å². The van der Waals surface area contributed by atoms with E-state index in [0.29, 0.717) is 36.3 Å². The number of amides is 2. The summed E-state index contributed by atoms with van der Waals surface area (Å²) in [5, 5.41) is 5.34. The van der Waals surface area contributed by atoms with Crippen LogP contribution in [0.15, 0.2) is 107 Å². The zero-order chi connectivity index (χ0) is 34.5. The van der Waals surface area contributed by atoms with Crippen molar-refractivity contribution >= 4 is 40.8 Å². The Hall–Kier alpha value is -5.42. The van der Waals surface area contributed by atoms with Gasteiger partial charge in [0, 0.05) is 68.7 Å². The SMILES string of the molecule is C=C1CC=C(c2ccc(N3CCN(C)CC3)nc2)C=C(Oc2ccc(NC(=O)C3(C(=O)Nc4ccc(F)cc4)CC3)cc2F)/C1=C/C=N\C. The molecule has 6 rings (SSSR count). The van der Waals surface area contributed by atoms with E-state index >= 15 is 4.39 Å². The van der Waals surface area contributed by atoms with Crippen molar-refractivity contribution < 1.29 is 23.1 Å². The van der Waals surface area contributed by atoms with Crippen LogP contribution in [-0.2, 0) is 9.59 Å². The smallest absolute Gasteiger partial charge is 0.240 e. The average Bonchev–Trinajstić information content (AvgIpc) is 3.93. The van der Waals surface area contributed by atoms with Crippen molar-refractivity contribution in [2.24, 2.45) is 10.4 Å². The van der Waals surface area contributed by atoms with Crippen molar-refractivity contribution in [2.75, 3.05) is 55.8 Å². The molecule has 0 bridgehead atoms. The summed E-state index contributed by atoms with van der Waals surface area (Å²) in [4.78, 5) is 39.5. The number of nitrogens with one attached hydrogen (secondary N) is 2. The number of aromatic nitrogens is 1. The number of hydrogen-bond acceptors (Lipinski definition) is 7. The standard InChI is InChI=1S/C38H38F2N6O3/c1-25-4-5-26(27-6-13-35(42-24-27)46-20-18-45(3)19-21-46)22-34(31(25)14-17-41-2)49-33-12-11-30(23-32(33)40)44-37(48)38(15-16-38)36(47)43-29-9-7-28(39)8-10-29/h5-14,17,22-24H,1,4,15-16,18-21H2,2-3H3,(H,43,47)(H,44,48)/b31-14+,41-17-. The highest BCUT2D eigenvalue weighted by Crippen LogP contribution is 2.47. The number of ether oxygens (including phenoxy) is 1. The van der Waals surface area contributed by atoms with Gasteiger partial charge in [-0.2, -0.15) is 0 Å². The fraction of sp³-hybridized carbons (Fsp3) is 0.263. The van der Waals surface area contributed by atoms with Gasteiger partial charge in [0.1, 0.15) is 22.8 Å². The van der Waals surface area contributed by atoms with E-state index in [-0.39, 0.29) is 11.4 Å². The number of rotatable bonds is 9. The molecular formula is C38H38F2N6O3. The molecular weight excluding hydrogens is 626 g/mol. The largest absolute Gasteiger partial charge is 0.454 e. The molecule has 2 fully saturated rings. The number of piperazine rings is 1. The molecule has 2 aliphatic carbocycles. The summed E-state index contributed by atoms with van der Waals surface area (Å²) in [5.41, 5.74) is 2.43. The molecule has 252 valence electrons. The molecule has 1 aromatic heterocycles. The van der Waals surface area contributed by atoms with Crippen molar-refractivity contribution in [3.63, 3.8) is 0 Å². The normalized spacial score (nSPS) is 18.5. The quantitative estimate of drug-likeness (QED) is 0.203. The first-order chi connectivity index (χ1) is 23.6. The first-order valence-corrected chi connectivity index (χ1v) is 16.1.